The van der Waals surface area contributed by atoms with Crippen LogP contribution >= 0.6 is 0 Å². The monoisotopic (exact) mass is 446 g/mol. The van der Waals surface area contributed by atoms with E-state index in [1.807, 2.05) is 4.90 Å². The van der Waals surface area contributed by atoms with E-state index in [0.29, 0.717) is 59.7 Å². The van der Waals surface area contributed by atoms with Gasteiger partial charge in [-0.2, -0.15) is 5.26 Å². The molecule has 33 heavy (non-hydrogen) atoms. The van der Waals surface area contributed by atoms with Crippen LogP contribution in [-0.4, -0.2) is 34.9 Å². The molecule has 0 unspecified atom stereocenters. The summed E-state index contributed by atoms with van der Waals surface area (Å²) in [5.74, 6) is 0.934. The summed E-state index contributed by atoms with van der Waals surface area (Å²) < 4.78 is 5.39. The molecular formula is C22H22N8O3. The van der Waals surface area contributed by atoms with Crippen LogP contribution in [0, 0.1) is 17.2 Å². The summed E-state index contributed by atoms with van der Waals surface area (Å²) in [5.41, 5.74) is 18.9. The van der Waals surface area contributed by atoms with E-state index in [1.165, 1.54) is 11.2 Å². The molecule has 0 radical (unpaired) electrons. The van der Waals surface area contributed by atoms with Crippen LogP contribution < -0.4 is 27.0 Å². The lowest BCUT2D eigenvalue weighted by Crippen LogP contribution is -2.39. The first-order valence-electron chi connectivity index (χ1n) is 10.6. The van der Waals surface area contributed by atoms with Crippen molar-refractivity contribution in [2.75, 3.05) is 34.4 Å². The molecule has 0 bridgehead atoms. The molecule has 1 saturated heterocycles. The maximum atomic E-state index is 12.9. The van der Waals surface area contributed by atoms with Gasteiger partial charge in [0.1, 0.15) is 40.7 Å². The molecular weight excluding hydrogens is 424 g/mol. The van der Waals surface area contributed by atoms with Crippen LogP contribution in [0.25, 0.3) is 10.8 Å². The zero-order valence-electron chi connectivity index (χ0n) is 17.7. The number of carbonyl (C=O) groups is 2. The molecule has 1 fully saturated rings. The van der Waals surface area contributed by atoms with E-state index in [2.05, 4.69) is 16.0 Å². The van der Waals surface area contributed by atoms with Crippen LogP contribution in [0.2, 0.25) is 0 Å². The third-order valence-electron chi connectivity index (χ3n) is 6.35. The Morgan fingerprint density at radius 3 is 2.48 bits per heavy atom. The van der Waals surface area contributed by atoms with Gasteiger partial charge in [0.25, 0.3) is 0 Å². The molecule has 3 aromatic heterocycles. The first kappa shape index (κ1) is 20.6. The highest BCUT2D eigenvalue weighted by Gasteiger charge is 2.35. The Morgan fingerprint density at radius 2 is 1.88 bits per heavy atom. The van der Waals surface area contributed by atoms with Gasteiger partial charge in [0.05, 0.1) is 24.6 Å². The van der Waals surface area contributed by atoms with Gasteiger partial charge in [0.15, 0.2) is 0 Å². The van der Waals surface area contributed by atoms with Crippen molar-refractivity contribution in [2.45, 2.75) is 25.8 Å². The number of primary amides is 1. The topological polar surface area (TPSA) is 181 Å². The largest absolute Gasteiger partial charge is 0.467 e. The van der Waals surface area contributed by atoms with Crippen molar-refractivity contribution < 1.29 is 14.0 Å². The van der Waals surface area contributed by atoms with Crippen molar-refractivity contribution in [1.29, 1.82) is 5.26 Å². The summed E-state index contributed by atoms with van der Waals surface area (Å²) in [6, 6.07) is 5.76. The molecule has 0 aromatic carbocycles. The maximum Gasteiger partial charge on any atom is 0.233 e. The summed E-state index contributed by atoms with van der Waals surface area (Å²) in [7, 11) is 0. The number of fused-ring (bicyclic) bond motifs is 3. The number of amides is 2. The lowest BCUT2D eigenvalue weighted by Gasteiger charge is -2.32. The minimum Gasteiger partial charge on any atom is -0.467 e. The molecule has 6 N–H and O–H groups in total. The van der Waals surface area contributed by atoms with Crippen LogP contribution in [0.5, 0.6) is 0 Å². The van der Waals surface area contributed by atoms with Crippen LogP contribution in [0.4, 0.5) is 23.3 Å². The average molecular weight is 446 g/mol. The summed E-state index contributed by atoms with van der Waals surface area (Å²) >= 11 is 0. The summed E-state index contributed by atoms with van der Waals surface area (Å²) in [6.07, 6.45) is 2.71. The number of aromatic nitrogens is 2. The van der Waals surface area contributed by atoms with Gasteiger partial charge in [-0.25, -0.2) is 9.97 Å². The molecule has 5 heterocycles. The van der Waals surface area contributed by atoms with Crippen LogP contribution in [0.1, 0.15) is 29.7 Å². The van der Waals surface area contributed by atoms with Crippen molar-refractivity contribution in [1.82, 2.24) is 9.97 Å². The third kappa shape index (κ3) is 3.27. The Hall–Kier alpha value is -4.33. The Bertz CT molecular complexity index is 1320. The molecule has 0 aliphatic carbocycles. The molecule has 11 nitrogen and oxygen atoms in total. The summed E-state index contributed by atoms with van der Waals surface area (Å²) in [4.78, 5) is 36.8. The summed E-state index contributed by atoms with van der Waals surface area (Å²) in [5, 5.41) is 11.0. The first-order chi connectivity index (χ1) is 15.9. The van der Waals surface area contributed by atoms with E-state index in [4.69, 9.17) is 21.6 Å². The highest BCUT2D eigenvalue weighted by atomic mass is 16.3. The van der Waals surface area contributed by atoms with E-state index in [9.17, 15) is 14.9 Å². The van der Waals surface area contributed by atoms with E-state index in [1.54, 1.807) is 12.1 Å². The number of nitrogens with zero attached hydrogens (tertiary/aromatic N) is 5. The van der Waals surface area contributed by atoms with Crippen LogP contribution in [0.15, 0.2) is 22.8 Å². The van der Waals surface area contributed by atoms with Crippen LogP contribution in [0.3, 0.4) is 0 Å². The molecule has 2 amide bonds. The molecule has 0 saturated carbocycles. The predicted octanol–water partition coefficient (Wildman–Crippen LogP) is 1.05. The van der Waals surface area contributed by atoms with E-state index >= 15 is 0 Å². The number of nitriles is 1. The van der Waals surface area contributed by atoms with Crippen molar-refractivity contribution in [3.63, 3.8) is 0 Å². The zero-order valence-corrected chi connectivity index (χ0v) is 17.7. The summed E-state index contributed by atoms with van der Waals surface area (Å²) in [6.45, 7) is 1.21. The number of piperidine rings is 1. The average Bonchev–Trinajstić information content (AvgIpc) is 3.42. The Balaban J connectivity index is 1.65. The number of furan rings is 1. The van der Waals surface area contributed by atoms with Crippen molar-refractivity contribution in [3.05, 3.63) is 35.3 Å². The van der Waals surface area contributed by atoms with Gasteiger partial charge < -0.3 is 26.5 Å². The fourth-order valence-electron chi connectivity index (χ4n) is 4.69. The van der Waals surface area contributed by atoms with Crippen molar-refractivity contribution in [3.8, 4) is 6.07 Å². The highest BCUT2D eigenvalue weighted by Crippen LogP contribution is 2.42. The minimum absolute atomic E-state index is 0.0567. The lowest BCUT2D eigenvalue weighted by molar-refractivity contribution is -0.122. The van der Waals surface area contributed by atoms with E-state index < -0.39 is 0 Å². The van der Waals surface area contributed by atoms with Gasteiger partial charge in [-0.15, -0.1) is 0 Å². The third-order valence-corrected chi connectivity index (χ3v) is 6.35. The molecule has 5 rings (SSSR count). The Morgan fingerprint density at radius 1 is 1.18 bits per heavy atom. The second kappa shape index (κ2) is 7.67. The van der Waals surface area contributed by atoms with Crippen molar-refractivity contribution >= 4 is 45.9 Å². The quantitative estimate of drug-likeness (QED) is 0.527. The van der Waals surface area contributed by atoms with E-state index in [-0.39, 0.29) is 47.9 Å². The minimum atomic E-state index is -0.326. The fourth-order valence-corrected chi connectivity index (χ4v) is 4.69. The first-order valence-corrected chi connectivity index (χ1v) is 10.6. The zero-order chi connectivity index (χ0) is 23.3. The number of pyridine rings is 2. The molecule has 11 heteroatoms. The number of nitrogens with two attached hydrogens (primary N) is 3. The van der Waals surface area contributed by atoms with Gasteiger partial charge in [-0.1, -0.05) is 0 Å². The van der Waals surface area contributed by atoms with Crippen LogP contribution in [-0.2, 0) is 22.6 Å². The predicted molar refractivity (Wildman–Crippen MR) is 121 cm³/mol. The van der Waals surface area contributed by atoms with Crippen molar-refractivity contribution in [2.24, 2.45) is 11.7 Å². The lowest BCUT2D eigenvalue weighted by atomic mass is 9.95. The normalized spacial score (nSPS) is 16.3. The number of rotatable bonds is 4. The molecule has 0 atom stereocenters. The highest BCUT2D eigenvalue weighted by molar-refractivity contribution is 6.13. The van der Waals surface area contributed by atoms with Gasteiger partial charge in [-0.05, 0) is 25.0 Å². The van der Waals surface area contributed by atoms with Gasteiger partial charge in [-0.3, -0.25) is 14.5 Å². The molecule has 2 aliphatic heterocycles. The molecule has 2 aliphatic rings. The second-order valence-electron chi connectivity index (χ2n) is 8.26. The van der Waals surface area contributed by atoms with Gasteiger partial charge in [0, 0.05) is 30.0 Å². The number of anilines is 4. The molecule has 3 aromatic rings. The SMILES string of the molecule is N#Cc1c(N2CCC(C(N)=O)CC2)nc(N)c2c(N)nc3c(c12)CC(=O)N3Cc1ccco1. The Kier molecular flexibility index (Phi) is 4.78. The number of carbonyl (C=O) groups excluding carboxylic acids is 2. The Labute approximate surface area is 188 Å². The van der Waals surface area contributed by atoms with Gasteiger partial charge >= 0.3 is 0 Å². The standard InChI is InChI=1S/C22H22N8O3/c23-9-14-16-13-8-15(31)30(10-12-2-1-7-33-12)22(13)28-19(25)17(16)18(24)27-21(14)29-5-3-11(4-6-29)20(26)32/h1-2,7,11H,3-6,8,10H2,(H2,24,27)(H2,25,28)(H2,26,32). The number of hydrogen-bond donors (Lipinski definition) is 3. The number of nitrogen functional groups attached to an aromatic ring is 2. The maximum absolute atomic E-state index is 12.9. The molecule has 0 spiro atoms. The smallest absolute Gasteiger partial charge is 0.233 e. The fraction of sp³-hybridized carbons (Fsp3) is 0.318. The van der Waals surface area contributed by atoms with Gasteiger partial charge in [0.2, 0.25) is 11.8 Å². The van der Waals surface area contributed by atoms with E-state index in [0.717, 1.165) is 0 Å². The molecule has 168 valence electrons. The number of hydrogen-bond acceptors (Lipinski definition) is 9. The second-order valence-corrected chi connectivity index (χ2v) is 8.26.